The van der Waals surface area contributed by atoms with Crippen molar-refractivity contribution in [1.82, 2.24) is 0 Å². The number of para-hydroxylation sites is 2. The van der Waals surface area contributed by atoms with Crippen LogP contribution in [0.15, 0.2) is 48.5 Å². The van der Waals surface area contributed by atoms with Crippen LogP contribution in [-0.2, 0) is 0 Å². The first kappa shape index (κ1) is 12.2. The zero-order chi connectivity index (χ0) is 13.2. The lowest BCUT2D eigenvalue weighted by Crippen LogP contribution is -2.25. The molecule has 0 bridgehead atoms. The fraction of sp³-hybridized carbons (Fsp3) is 0.250. The Morgan fingerprint density at radius 2 is 1.53 bits per heavy atom. The van der Waals surface area contributed by atoms with E-state index in [1.54, 1.807) is 0 Å². The van der Waals surface area contributed by atoms with E-state index in [4.69, 9.17) is 9.31 Å². The van der Waals surface area contributed by atoms with E-state index in [1.165, 1.54) is 11.1 Å². The maximum atomic E-state index is 5.80. The molecule has 0 saturated carbocycles. The molecule has 1 aliphatic heterocycles. The van der Waals surface area contributed by atoms with E-state index >= 15 is 0 Å². The summed E-state index contributed by atoms with van der Waals surface area (Å²) in [5, 5.41) is 0. The van der Waals surface area contributed by atoms with Crippen molar-refractivity contribution in [3.63, 3.8) is 0 Å². The Balaban J connectivity index is 1.66. The summed E-state index contributed by atoms with van der Waals surface area (Å²) in [7, 11) is -0.172. The maximum Gasteiger partial charge on any atom is 0.595 e. The summed E-state index contributed by atoms with van der Waals surface area (Å²) in [5.74, 6) is 2.12. The molecule has 1 atom stereocenters. The average molecular weight is 252 g/mol. The minimum absolute atomic E-state index is 0.172. The molecule has 1 heterocycles. The van der Waals surface area contributed by atoms with Crippen molar-refractivity contribution in [1.29, 1.82) is 0 Å². The van der Waals surface area contributed by atoms with E-state index in [9.17, 15) is 0 Å². The van der Waals surface area contributed by atoms with Crippen molar-refractivity contribution in [2.24, 2.45) is 0 Å². The standard InChI is InChI=1S/C16H17BO2/c1-12-7-9-14(10-8-12)13(2)11-17-18-15-5-3-4-6-16(15)19-17/h3-10,13H,11H2,1-2H3/t13-/m0/s1. The van der Waals surface area contributed by atoms with E-state index < -0.39 is 0 Å². The molecule has 0 fully saturated rings. The zero-order valence-electron chi connectivity index (χ0n) is 11.3. The first-order valence-electron chi connectivity index (χ1n) is 6.71. The van der Waals surface area contributed by atoms with Gasteiger partial charge in [-0.2, -0.15) is 0 Å². The SMILES string of the molecule is Cc1ccc([C@@H](C)CB2Oc3ccccc3O2)cc1. The minimum atomic E-state index is -0.172. The van der Waals surface area contributed by atoms with Crippen LogP contribution in [0.4, 0.5) is 0 Å². The quantitative estimate of drug-likeness (QED) is 0.767. The van der Waals surface area contributed by atoms with Crippen molar-refractivity contribution < 1.29 is 9.31 Å². The van der Waals surface area contributed by atoms with Gasteiger partial charge in [0.25, 0.3) is 0 Å². The first-order chi connectivity index (χ1) is 9.22. The van der Waals surface area contributed by atoms with Gasteiger partial charge in [-0.3, -0.25) is 0 Å². The van der Waals surface area contributed by atoms with Gasteiger partial charge in [0, 0.05) is 6.32 Å². The molecule has 0 radical (unpaired) electrons. The van der Waals surface area contributed by atoms with Crippen molar-refractivity contribution in [3.05, 3.63) is 59.7 Å². The second-order valence-electron chi connectivity index (χ2n) is 5.16. The van der Waals surface area contributed by atoms with Crippen LogP contribution in [0.3, 0.4) is 0 Å². The lowest BCUT2D eigenvalue weighted by Gasteiger charge is -2.13. The molecule has 0 saturated heterocycles. The van der Waals surface area contributed by atoms with Crippen molar-refractivity contribution in [2.45, 2.75) is 26.1 Å². The molecule has 2 aromatic carbocycles. The van der Waals surface area contributed by atoms with Gasteiger partial charge in [-0.25, -0.2) is 0 Å². The summed E-state index contributed by atoms with van der Waals surface area (Å²) in [4.78, 5) is 0. The molecule has 0 N–H and O–H groups in total. The minimum Gasteiger partial charge on any atom is -0.523 e. The highest BCUT2D eigenvalue weighted by molar-refractivity contribution is 6.47. The van der Waals surface area contributed by atoms with Crippen LogP contribution < -0.4 is 9.31 Å². The maximum absolute atomic E-state index is 5.80. The van der Waals surface area contributed by atoms with Crippen LogP contribution >= 0.6 is 0 Å². The molecule has 0 unspecified atom stereocenters. The second-order valence-corrected chi connectivity index (χ2v) is 5.16. The number of aryl methyl sites for hydroxylation is 1. The fourth-order valence-corrected chi connectivity index (χ4v) is 2.37. The lowest BCUT2D eigenvalue weighted by molar-refractivity contribution is 0.488. The average Bonchev–Trinajstić information content (AvgIpc) is 2.81. The highest BCUT2D eigenvalue weighted by Crippen LogP contribution is 2.35. The van der Waals surface area contributed by atoms with E-state index in [1.807, 2.05) is 24.3 Å². The Bertz CT molecular complexity index is 540. The molecule has 0 aliphatic carbocycles. The molecule has 96 valence electrons. The Kier molecular flexibility index (Phi) is 3.20. The van der Waals surface area contributed by atoms with Gasteiger partial charge in [0.2, 0.25) is 0 Å². The number of benzene rings is 2. The summed E-state index contributed by atoms with van der Waals surface area (Å²) >= 11 is 0. The highest BCUT2D eigenvalue weighted by atomic mass is 16.6. The summed E-state index contributed by atoms with van der Waals surface area (Å²) in [6, 6.07) is 16.5. The highest BCUT2D eigenvalue weighted by Gasteiger charge is 2.33. The molecule has 0 spiro atoms. The molecule has 19 heavy (non-hydrogen) atoms. The number of hydrogen-bond acceptors (Lipinski definition) is 2. The molecule has 0 amide bonds. The Labute approximate surface area is 114 Å². The third-order valence-corrected chi connectivity index (χ3v) is 3.56. The molecule has 2 aromatic rings. The topological polar surface area (TPSA) is 18.5 Å². The van der Waals surface area contributed by atoms with Gasteiger partial charge in [0.15, 0.2) is 0 Å². The lowest BCUT2D eigenvalue weighted by atomic mass is 9.75. The van der Waals surface area contributed by atoms with Crippen LogP contribution in [0.2, 0.25) is 6.32 Å². The van der Waals surface area contributed by atoms with Crippen LogP contribution in [-0.4, -0.2) is 7.12 Å². The molecule has 0 aromatic heterocycles. The summed E-state index contributed by atoms with van der Waals surface area (Å²) in [6.45, 7) is 4.31. The van der Waals surface area contributed by atoms with Crippen molar-refractivity contribution in [2.75, 3.05) is 0 Å². The Hall–Kier alpha value is -1.90. The molecular weight excluding hydrogens is 235 g/mol. The van der Waals surface area contributed by atoms with Gasteiger partial charge < -0.3 is 9.31 Å². The molecular formula is C16H17BO2. The van der Waals surface area contributed by atoms with E-state index in [-0.39, 0.29) is 7.12 Å². The van der Waals surface area contributed by atoms with Crippen LogP contribution in [0.1, 0.15) is 24.0 Å². The monoisotopic (exact) mass is 252 g/mol. The van der Waals surface area contributed by atoms with Crippen molar-refractivity contribution >= 4 is 7.12 Å². The molecule has 3 rings (SSSR count). The first-order valence-corrected chi connectivity index (χ1v) is 6.71. The molecule has 1 aliphatic rings. The van der Waals surface area contributed by atoms with Gasteiger partial charge in [-0.05, 0) is 30.5 Å². The Morgan fingerprint density at radius 3 is 2.11 bits per heavy atom. The van der Waals surface area contributed by atoms with Gasteiger partial charge in [-0.1, -0.05) is 48.9 Å². The second kappa shape index (κ2) is 5.00. The smallest absolute Gasteiger partial charge is 0.523 e. The van der Waals surface area contributed by atoms with Crippen molar-refractivity contribution in [3.8, 4) is 11.5 Å². The third-order valence-electron chi connectivity index (χ3n) is 3.56. The van der Waals surface area contributed by atoms with E-state index in [2.05, 4.69) is 38.1 Å². The van der Waals surface area contributed by atoms with Gasteiger partial charge in [-0.15, -0.1) is 0 Å². The van der Waals surface area contributed by atoms with Gasteiger partial charge >= 0.3 is 7.12 Å². The summed E-state index contributed by atoms with van der Waals surface area (Å²) in [5.41, 5.74) is 2.62. The van der Waals surface area contributed by atoms with Crippen LogP contribution in [0.5, 0.6) is 11.5 Å². The Morgan fingerprint density at radius 1 is 0.947 bits per heavy atom. The third kappa shape index (κ3) is 2.60. The zero-order valence-corrected chi connectivity index (χ0v) is 11.3. The predicted octanol–water partition coefficient (Wildman–Crippen LogP) is 4.06. The van der Waals surface area contributed by atoms with Gasteiger partial charge in [0.05, 0.1) is 0 Å². The summed E-state index contributed by atoms with van der Waals surface area (Å²) in [6.07, 6.45) is 0.859. The number of hydrogen-bond donors (Lipinski definition) is 0. The number of rotatable bonds is 3. The fourth-order valence-electron chi connectivity index (χ4n) is 2.37. The normalized spacial score (nSPS) is 14.5. The van der Waals surface area contributed by atoms with Crippen LogP contribution in [0.25, 0.3) is 0 Å². The number of fused-ring (bicyclic) bond motifs is 1. The summed E-state index contributed by atoms with van der Waals surface area (Å²) < 4.78 is 11.6. The van der Waals surface area contributed by atoms with Gasteiger partial charge in [0.1, 0.15) is 11.5 Å². The predicted molar refractivity (Wildman–Crippen MR) is 77.9 cm³/mol. The molecule has 3 heteroatoms. The molecule has 2 nitrogen and oxygen atoms in total. The van der Waals surface area contributed by atoms with Crippen LogP contribution in [0, 0.1) is 6.92 Å². The largest absolute Gasteiger partial charge is 0.595 e. The van der Waals surface area contributed by atoms with E-state index in [0.29, 0.717) is 5.92 Å². The van der Waals surface area contributed by atoms with E-state index in [0.717, 1.165) is 17.8 Å².